The SMILES string of the molecule is CCOC(=O)Cn1c2c(sc1=O)C(c1ccc(Br)cc1)C1C(=O)N(c3ccccc3)C(=O)C1S2. The molecule has 0 N–H and O–H groups in total. The summed E-state index contributed by atoms with van der Waals surface area (Å²) in [5.74, 6) is -2.28. The molecule has 3 atom stereocenters. The van der Waals surface area contributed by atoms with E-state index in [-0.39, 0.29) is 29.8 Å². The lowest BCUT2D eigenvalue weighted by Gasteiger charge is -2.30. The van der Waals surface area contributed by atoms with E-state index in [0.29, 0.717) is 15.6 Å². The van der Waals surface area contributed by atoms with E-state index in [2.05, 4.69) is 15.9 Å². The minimum absolute atomic E-state index is 0.207. The van der Waals surface area contributed by atoms with Crippen LogP contribution in [-0.4, -0.2) is 34.2 Å². The molecule has 3 unspecified atom stereocenters. The van der Waals surface area contributed by atoms with E-state index in [9.17, 15) is 19.2 Å². The third-order valence-corrected chi connectivity index (χ3v) is 9.02. The van der Waals surface area contributed by atoms with Crippen molar-refractivity contribution in [2.75, 3.05) is 11.5 Å². The largest absolute Gasteiger partial charge is 0.465 e. The lowest BCUT2D eigenvalue weighted by molar-refractivity contribution is -0.144. The van der Waals surface area contributed by atoms with E-state index in [4.69, 9.17) is 4.74 Å². The number of thioether (sulfide) groups is 1. The van der Waals surface area contributed by atoms with Gasteiger partial charge in [-0.25, -0.2) is 4.90 Å². The Kier molecular flexibility index (Phi) is 6.22. The molecular formula is C24H19BrN2O5S2. The van der Waals surface area contributed by atoms with Crippen LogP contribution in [0.4, 0.5) is 5.69 Å². The molecule has 174 valence electrons. The second-order valence-corrected chi connectivity index (χ2v) is 10.9. The lowest BCUT2D eigenvalue weighted by atomic mass is 9.83. The average molecular weight is 559 g/mol. The topological polar surface area (TPSA) is 85.7 Å². The van der Waals surface area contributed by atoms with Crippen molar-refractivity contribution in [1.82, 2.24) is 4.57 Å². The fourth-order valence-electron chi connectivity index (χ4n) is 4.45. The maximum absolute atomic E-state index is 13.7. The fraction of sp³-hybridized carbons (Fsp3) is 0.250. The van der Waals surface area contributed by atoms with Crippen molar-refractivity contribution >= 4 is 62.5 Å². The standard InChI is InChI=1S/C24H19BrN2O5S2/c1-2-32-16(28)12-26-23-20(34-24(26)31)17(13-8-10-14(25)11-9-13)18-19(33-23)22(30)27(21(18)29)15-6-4-3-5-7-15/h3-11,17-19H,2,12H2,1H3. The molecular weight excluding hydrogens is 540 g/mol. The highest BCUT2D eigenvalue weighted by molar-refractivity contribution is 9.10. The van der Waals surface area contributed by atoms with Crippen molar-refractivity contribution in [3.8, 4) is 0 Å². The summed E-state index contributed by atoms with van der Waals surface area (Å²) in [6, 6.07) is 16.4. The smallest absolute Gasteiger partial charge is 0.326 e. The Labute approximate surface area is 211 Å². The van der Waals surface area contributed by atoms with Crippen LogP contribution >= 0.6 is 39.0 Å². The summed E-state index contributed by atoms with van der Waals surface area (Å²) in [6.07, 6.45) is 0. The molecule has 34 heavy (non-hydrogen) atoms. The van der Waals surface area contributed by atoms with Gasteiger partial charge in [0.25, 0.3) is 0 Å². The molecule has 0 bridgehead atoms. The molecule has 0 aliphatic carbocycles. The monoisotopic (exact) mass is 558 g/mol. The summed E-state index contributed by atoms with van der Waals surface area (Å²) in [7, 11) is 0. The molecule has 2 aliphatic rings. The van der Waals surface area contributed by atoms with Crippen molar-refractivity contribution in [3.63, 3.8) is 0 Å². The van der Waals surface area contributed by atoms with Gasteiger partial charge in [0, 0.05) is 15.3 Å². The molecule has 2 amide bonds. The Hall–Kier alpha value is -2.69. The van der Waals surface area contributed by atoms with Crippen LogP contribution in [0, 0.1) is 5.92 Å². The maximum Gasteiger partial charge on any atom is 0.326 e. The molecule has 1 aromatic heterocycles. The summed E-state index contributed by atoms with van der Waals surface area (Å²) in [5, 5.41) is -0.162. The van der Waals surface area contributed by atoms with Crippen LogP contribution in [0.25, 0.3) is 0 Å². The molecule has 0 saturated carbocycles. The van der Waals surface area contributed by atoms with E-state index < -0.39 is 23.1 Å². The minimum Gasteiger partial charge on any atom is -0.465 e. The number of amides is 2. The van der Waals surface area contributed by atoms with E-state index >= 15 is 0 Å². The minimum atomic E-state index is -0.712. The molecule has 3 aromatic rings. The first-order chi connectivity index (χ1) is 16.4. The number of esters is 1. The number of carbonyl (C=O) groups is 3. The fourth-order valence-corrected chi connectivity index (χ4v) is 7.49. The number of nitrogens with zero attached hydrogens (tertiary/aromatic N) is 2. The molecule has 3 heterocycles. The van der Waals surface area contributed by atoms with Gasteiger partial charge in [-0.15, -0.1) is 0 Å². The van der Waals surface area contributed by atoms with E-state index in [1.807, 2.05) is 30.3 Å². The number of halogens is 1. The van der Waals surface area contributed by atoms with Crippen LogP contribution in [0.2, 0.25) is 0 Å². The molecule has 2 aliphatic heterocycles. The third kappa shape index (κ3) is 3.83. The quantitative estimate of drug-likeness (QED) is 0.347. The number of hydrogen-bond donors (Lipinski definition) is 0. The predicted molar refractivity (Wildman–Crippen MR) is 133 cm³/mol. The molecule has 5 rings (SSSR count). The van der Waals surface area contributed by atoms with Gasteiger partial charge in [0.05, 0.1) is 23.2 Å². The highest BCUT2D eigenvalue weighted by Gasteiger charge is 2.56. The molecule has 0 radical (unpaired) electrons. The second kappa shape index (κ2) is 9.16. The Bertz CT molecular complexity index is 1340. The normalized spacial score (nSPS) is 21.4. The number of thiazole rings is 1. The number of rotatable bonds is 5. The van der Waals surface area contributed by atoms with Gasteiger partial charge in [0.1, 0.15) is 11.8 Å². The van der Waals surface area contributed by atoms with Gasteiger partial charge < -0.3 is 4.74 Å². The van der Waals surface area contributed by atoms with Crippen LogP contribution in [0.3, 0.4) is 0 Å². The summed E-state index contributed by atoms with van der Waals surface area (Å²) < 4.78 is 7.30. The molecule has 2 aromatic carbocycles. The van der Waals surface area contributed by atoms with Crippen LogP contribution in [0.5, 0.6) is 0 Å². The number of hydrogen-bond acceptors (Lipinski definition) is 7. The summed E-state index contributed by atoms with van der Waals surface area (Å²) in [4.78, 5) is 54.0. The third-order valence-electron chi connectivity index (χ3n) is 5.89. The zero-order valence-corrected chi connectivity index (χ0v) is 21.2. The van der Waals surface area contributed by atoms with Gasteiger partial charge in [0.2, 0.25) is 11.8 Å². The highest BCUT2D eigenvalue weighted by atomic mass is 79.9. The lowest BCUT2D eigenvalue weighted by Crippen LogP contribution is -2.32. The van der Waals surface area contributed by atoms with Crippen LogP contribution in [0.15, 0.2) is 68.9 Å². The Morgan fingerprint density at radius 3 is 2.41 bits per heavy atom. The van der Waals surface area contributed by atoms with E-state index in [1.54, 1.807) is 31.2 Å². The van der Waals surface area contributed by atoms with Crippen molar-refractivity contribution in [3.05, 3.63) is 79.2 Å². The first kappa shape index (κ1) is 23.1. The van der Waals surface area contributed by atoms with Crippen LogP contribution < -0.4 is 9.77 Å². The van der Waals surface area contributed by atoms with Gasteiger partial charge in [0.15, 0.2) is 0 Å². The van der Waals surface area contributed by atoms with Crippen LogP contribution in [-0.2, 0) is 25.7 Å². The molecule has 7 nitrogen and oxygen atoms in total. The van der Waals surface area contributed by atoms with Gasteiger partial charge in [-0.05, 0) is 36.8 Å². The number of ether oxygens (including phenoxy) is 1. The number of anilines is 1. The number of para-hydroxylation sites is 1. The number of carbonyl (C=O) groups excluding carboxylic acids is 3. The van der Waals surface area contributed by atoms with E-state index in [0.717, 1.165) is 21.4 Å². The van der Waals surface area contributed by atoms with Crippen molar-refractivity contribution < 1.29 is 19.1 Å². The molecule has 10 heteroatoms. The maximum atomic E-state index is 13.7. The molecule has 0 spiro atoms. The number of imide groups is 1. The second-order valence-electron chi connectivity index (χ2n) is 7.87. The molecule has 1 saturated heterocycles. The van der Waals surface area contributed by atoms with Gasteiger partial charge in [-0.3, -0.25) is 23.7 Å². The summed E-state index contributed by atoms with van der Waals surface area (Å²) in [6.45, 7) is 1.67. The predicted octanol–water partition coefficient (Wildman–Crippen LogP) is 4.03. The summed E-state index contributed by atoms with van der Waals surface area (Å²) >= 11 is 5.65. The van der Waals surface area contributed by atoms with Gasteiger partial charge in [-0.1, -0.05) is 69.4 Å². The first-order valence-corrected chi connectivity index (χ1v) is 13.1. The van der Waals surface area contributed by atoms with Crippen molar-refractivity contribution in [2.24, 2.45) is 5.92 Å². The number of aromatic nitrogens is 1. The Balaban J connectivity index is 1.65. The number of fused-ring (bicyclic) bond motifs is 2. The Morgan fingerprint density at radius 2 is 1.74 bits per heavy atom. The summed E-state index contributed by atoms with van der Waals surface area (Å²) in [5.41, 5.74) is 1.36. The average Bonchev–Trinajstić information content (AvgIpc) is 3.26. The highest BCUT2D eigenvalue weighted by Crippen LogP contribution is 2.53. The zero-order valence-electron chi connectivity index (χ0n) is 18.0. The van der Waals surface area contributed by atoms with Gasteiger partial charge >= 0.3 is 10.8 Å². The van der Waals surface area contributed by atoms with Crippen LogP contribution in [0.1, 0.15) is 23.3 Å². The van der Waals surface area contributed by atoms with E-state index in [1.165, 1.54) is 21.2 Å². The number of benzene rings is 2. The van der Waals surface area contributed by atoms with Gasteiger partial charge in [-0.2, -0.15) is 0 Å². The molecule has 1 fully saturated rings. The van der Waals surface area contributed by atoms with Crippen molar-refractivity contribution in [2.45, 2.75) is 29.7 Å². The first-order valence-electron chi connectivity index (χ1n) is 10.6. The zero-order chi connectivity index (χ0) is 24.0. The Morgan fingerprint density at radius 1 is 1.03 bits per heavy atom. The van der Waals surface area contributed by atoms with Crippen molar-refractivity contribution in [1.29, 1.82) is 0 Å².